The van der Waals surface area contributed by atoms with Crippen LogP contribution in [0.5, 0.6) is 0 Å². The predicted molar refractivity (Wildman–Crippen MR) is 119 cm³/mol. The Hall–Kier alpha value is -3.26. The van der Waals surface area contributed by atoms with E-state index in [1.165, 1.54) is 11.1 Å². The second kappa shape index (κ2) is 8.11. The van der Waals surface area contributed by atoms with Crippen molar-refractivity contribution in [3.05, 3.63) is 41.7 Å². The number of ether oxygens (including phenoxy) is 1. The molecular weight excluding hydrogens is 392 g/mol. The smallest absolute Gasteiger partial charge is 0.251 e. The second-order valence-corrected chi connectivity index (χ2v) is 7.99. The highest BCUT2D eigenvalue weighted by Crippen LogP contribution is 2.35. The van der Waals surface area contributed by atoms with Crippen molar-refractivity contribution < 1.29 is 9.15 Å². The number of aromatic nitrogens is 5. The number of hydrogen-bond acceptors (Lipinski definition) is 7. The van der Waals surface area contributed by atoms with Gasteiger partial charge in [-0.25, -0.2) is 9.67 Å². The van der Waals surface area contributed by atoms with Crippen molar-refractivity contribution in [3.63, 3.8) is 0 Å². The standard InChI is InChI=1S/C23H26N6O2/c1-4-29-21-18(13-25-29)20(26-17-7-9-30-10-8-17)19(12-24-21)23-28-27-22(31-23)16-6-5-14(2)15(3)11-16/h5-6,11-13,17H,4,7-10H2,1-3H3,(H,24,26). The molecule has 0 atom stereocenters. The van der Waals surface area contributed by atoms with Crippen molar-refractivity contribution in [2.75, 3.05) is 18.5 Å². The first-order chi connectivity index (χ1) is 15.1. The molecule has 160 valence electrons. The molecule has 4 heterocycles. The molecule has 0 radical (unpaired) electrons. The Balaban J connectivity index is 1.58. The van der Waals surface area contributed by atoms with E-state index >= 15 is 0 Å². The highest BCUT2D eigenvalue weighted by atomic mass is 16.5. The van der Waals surface area contributed by atoms with Gasteiger partial charge in [-0.15, -0.1) is 10.2 Å². The van der Waals surface area contributed by atoms with Crippen LogP contribution in [0.3, 0.4) is 0 Å². The normalized spacial score (nSPS) is 14.9. The third kappa shape index (κ3) is 3.67. The van der Waals surface area contributed by atoms with E-state index in [4.69, 9.17) is 9.15 Å². The van der Waals surface area contributed by atoms with Gasteiger partial charge < -0.3 is 14.5 Å². The van der Waals surface area contributed by atoms with Crippen LogP contribution >= 0.6 is 0 Å². The van der Waals surface area contributed by atoms with Crippen LogP contribution in [0.4, 0.5) is 5.69 Å². The first-order valence-corrected chi connectivity index (χ1v) is 10.7. The molecule has 1 saturated heterocycles. The lowest BCUT2D eigenvalue weighted by Gasteiger charge is -2.25. The molecule has 0 unspecified atom stereocenters. The van der Waals surface area contributed by atoms with Gasteiger partial charge in [0.15, 0.2) is 5.65 Å². The summed E-state index contributed by atoms with van der Waals surface area (Å²) in [5.41, 5.74) is 5.90. The van der Waals surface area contributed by atoms with Gasteiger partial charge in [-0.05, 0) is 56.9 Å². The van der Waals surface area contributed by atoms with E-state index in [1.807, 2.05) is 16.9 Å². The van der Waals surface area contributed by atoms with Crippen LogP contribution in [0.2, 0.25) is 0 Å². The van der Waals surface area contributed by atoms with Gasteiger partial charge in [0.25, 0.3) is 5.89 Å². The van der Waals surface area contributed by atoms with Crippen LogP contribution in [0, 0.1) is 13.8 Å². The van der Waals surface area contributed by atoms with Crippen LogP contribution in [0.15, 0.2) is 35.0 Å². The fraction of sp³-hybridized carbons (Fsp3) is 0.391. The van der Waals surface area contributed by atoms with Gasteiger partial charge in [0.1, 0.15) is 0 Å². The number of fused-ring (bicyclic) bond motifs is 1. The summed E-state index contributed by atoms with van der Waals surface area (Å²) in [6.07, 6.45) is 5.55. The Morgan fingerprint density at radius 2 is 1.87 bits per heavy atom. The lowest BCUT2D eigenvalue weighted by molar-refractivity contribution is 0.0905. The molecule has 0 spiro atoms. The number of pyridine rings is 1. The Labute approximate surface area is 180 Å². The molecule has 31 heavy (non-hydrogen) atoms. The van der Waals surface area contributed by atoms with Crippen LogP contribution in [-0.4, -0.2) is 44.2 Å². The molecule has 0 bridgehead atoms. The quantitative estimate of drug-likeness (QED) is 0.514. The third-order valence-electron chi connectivity index (χ3n) is 5.94. The maximum Gasteiger partial charge on any atom is 0.251 e. The molecular formula is C23H26N6O2. The molecule has 1 fully saturated rings. The monoisotopic (exact) mass is 418 g/mol. The summed E-state index contributed by atoms with van der Waals surface area (Å²) >= 11 is 0. The summed E-state index contributed by atoms with van der Waals surface area (Å²) in [5, 5.41) is 17.8. The van der Waals surface area contributed by atoms with Gasteiger partial charge in [-0.1, -0.05) is 6.07 Å². The van der Waals surface area contributed by atoms with E-state index in [0.29, 0.717) is 17.8 Å². The van der Waals surface area contributed by atoms with Crippen molar-refractivity contribution in [1.82, 2.24) is 25.0 Å². The first kappa shape index (κ1) is 19.7. The third-order valence-corrected chi connectivity index (χ3v) is 5.94. The minimum absolute atomic E-state index is 0.310. The van der Waals surface area contributed by atoms with Gasteiger partial charge in [-0.3, -0.25) is 0 Å². The van der Waals surface area contributed by atoms with Gasteiger partial charge in [0.05, 0.1) is 22.8 Å². The molecule has 3 aromatic heterocycles. The average Bonchev–Trinajstić information content (AvgIpc) is 3.44. The zero-order valence-electron chi connectivity index (χ0n) is 18.1. The largest absolute Gasteiger partial charge is 0.416 e. The maximum atomic E-state index is 6.11. The number of benzene rings is 1. The number of rotatable bonds is 5. The lowest BCUT2D eigenvalue weighted by Crippen LogP contribution is -2.28. The SMILES string of the molecule is CCn1ncc2c(NC3CCOCC3)c(-c3nnc(-c4ccc(C)c(C)c4)o3)cnc21. The molecule has 8 nitrogen and oxygen atoms in total. The summed E-state index contributed by atoms with van der Waals surface area (Å²) in [4.78, 5) is 4.66. The highest BCUT2D eigenvalue weighted by Gasteiger charge is 2.22. The van der Waals surface area contributed by atoms with Crippen molar-refractivity contribution >= 4 is 16.7 Å². The van der Waals surface area contributed by atoms with E-state index in [2.05, 4.69) is 58.5 Å². The van der Waals surface area contributed by atoms with Crippen molar-refractivity contribution in [2.24, 2.45) is 0 Å². The van der Waals surface area contributed by atoms with Gasteiger partial charge in [0.2, 0.25) is 5.89 Å². The van der Waals surface area contributed by atoms with Crippen LogP contribution in [0.1, 0.15) is 30.9 Å². The summed E-state index contributed by atoms with van der Waals surface area (Å²) in [5.74, 6) is 0.945. The van der Waals surface area contributed by atoms with Gasteiger partial charge >= 0.3 is 0 Å². The molecule has 1 aliphatic rings. The second-order valence-electron chi connectivity index (χ2n) is 7.99. The van der Waals surface area contributed by atoms with Crippen molar-refractivity contribution in [2.45, 2.75) is 46.2 Å². The lowest BCUT2D eigenvalue weighted by atomic mass is 10.1. The number of nitrogens with one attached hydrogen (secondary N) is 1. The molecule has 1 aromatic carbocycles. The minimum Gasteiger partial charge on any atom is -0.416 e. The molecule has 4 aromatic rings. The highest BCUT2D eigenvalue weighted by molar-refractivity contribution is 5.96. The van der Waals surface area contributed by atoms with Crippen LogP contribution in [0.25, 0.3) is 33.9 Å². The zero-order chi connectivity index (χ0) is 21.4. The Kier molecular flexibility index (Phi) is 5.15. The zero-order valence-corrected chi connectivity index (χ0v) is 18.1. The summed E-state index contributed by atoms with van der Waals surface area (Å²) < 4.78 is 13.5. The van der Waals surface area contributed by atoms with Crippen molar-refractivity contribution in [1.29, 1.82) is 0 Å². The number of nitrogens with zero attached hydrogens (tertiary/aromatic N) is 5. The maximum absolute atomic E-state index is 6.11. The van der Waals surface area contributed by atoms with E-state index < -0.39 is 0 Å². The number of anilines is 1. The molecule has 1 aliphatic heterocycles. The fourth-order valence-electron chi connectivity index (χ4n) is 3.95. The average molecular weight is 419 g/mol. The van der Waals surface area contributed by atoms with E-state index in [-0.39, 0.29) is 0 Å². The van der Waals surface area contributed by atoms with Crippen LogP contribution in [-0.2, 0) is 11.3 Å². The number of aryl methyl sites for hydroxylation is 3. The molecule has 0 saturated carbocycles. The molecule has 8 heteroatoms. The van der Waals surface area contributed by atoms with E-state index in [1.54, 1.807) is 6.20 Å². The summed E-state index contributed by atoms with van der Waals surface area (Å²) in [6, 6.07) is 6.46. The van der Waals surface area contributed by atoms with E-state index in [9.17, 15) is 0 Å². The van der Waals surface area contributed by atoms with Gasteiger partial charge in [-0.2, -0.15) is 5.10 Å². The molecule has 0 amide bonds. The van der Waals surface area contributed by atoms with E-state index in [0.717, 1.165) is 60.4 Å². The fourth-order valence-corrected chi connectivity index (χ4v) is 3.95. The Bertz CT molecular complexity index is 1220. The van der Waals surface area contributed by atoms with Crippen LogP contribution < -0.4 is 5.32 Å². The summed E-state index contributed by atoms with van der Waals surface area (Å²) in [6.45, 7) is 8.49. The predicted octanol–water partition coefficient (Wildman–Crippen LogP) is 4.38. The first-order valence-electron chi connectivity index (χ1n) is 10.7. The summed E-state index contributed by atoms with van der Waals surface area (Å²) in [7, 11) is 0. The Morgan fingerprint density at radius 1 is 1.06 bits per heavy atom. The van der Waals surface area contributed by atoms with Gasteiger partial charge in [0, 0.05) is 37.6 Å². The topological polar surface area (TPSA) is 90.9 Å². The minimum atomic E-state index is 0.310. The molecule has 5 rings (SSSR count). The Morgan fingerprint density at radius 3 is 2.65 bits per heavy atom. The van der Waals surface area contributed by atoms with Crippen molar-refractivity contribution in [3.8, 4) is 22.9 Å². The molecule has 1 N–H and O–H groups in total. The molecule has 0 aliphatic carbocycles. The number of hydrogen-bond donors (Lipinski definition) is 1.